The highest BCUT2D eigenvalue weighted by Gasteiger charge is 2.09. The molecule has 0 saturated carbocycles. The molecule has 0 aliphatic rings. The van der Waals surface area contributed by atoms with Crippen LogP contribution in [0.2, 0.25) is 0 Å². The Morgan fingerprint density at radius 2 is 1.88 bits per heavy atom. The molecule has 0 spiro atoms. The Morgan fingerprint density at radius 3 is 2.38 bits per heavy atom. The van der Waals surface area contributed by atoms with Gasteiger partial charge in [0.2, 0.25) is 0 Å². The minimum atomic E-state index is -0.457. The third-order valence-electron chi connectivity index (χ3n) is 2.50. The molecule has 0 fully saturated rings. The van der Waals surface area contributed by atoms with Crippen molar-refractivity contribution in [3.63, 3.8) is 0 Å². The molecule has 1 aromatic carbocycles. The van der Waals surface area contributed by atoms with Gasteiger partial charge in [-0.1, -0.05) is 19.1 Å². The van der Waals surface area contributed by atoms with Crippen molar-refractivity contribution in [3.05, 3.63) is 29.8 Å². The van der Waals surface area contributed by atoms with Crippen molar-refractivity contribution < 1.29 is 9.84 Å². The first-order valence-electron chi connectivity index (χ1n) is 5.78. The van der Waals surface area contributed by atoms with Crippen LogP contribution in [0.4, 0.5) is 0 Å². The fourth-order valence-corrected chi connectivity index (χ4v) is 1.27. The van der Waals surface area contributed by atoms with Crippen molar-refractivity contribution in [2.45, 2.75) is 39.5 Å². The average molecular weight is 223 g/mol. The van der Waals surface area contributed by atoms with E-state index >= 15 is 0 Å². The molecule has 0 aromatic heterocycles. The molecule has 0 heterocycles. The van der Waals surface area contributed by atoms with Gasteiger partial charge in [-0.3, -0.25) is 0 Å². The van der Waals surface area contributed by atoms with E-state index in [1.165, 1.54) is 5.56 Å². The highest BCUT2D eigenvalue weighted by Crippen LogP contribution is 2.14. The van der Waals surface area contributed by atoms with Crippen molar-refractivity contribution >= 4 is 0 Å². The minimum absolute atomic E-state index is 0.181. The van der Waals surface area contributed by atoms with E-state index in [-0.39, 0.29) is 6.10 Å². The molecule has 90 valence electrons. The normalized spacial score (nSPS) is 14.5. The van der Waals surface area contributed by atoms with Crippen LogP contribution in [-0.2, 0) is 6.54 Å². The van der Waals surface area contributed by atoms with Gasteiger partial charge < -0.3 is 15.2 Å². The minimum Gasteiger partial charge on any atom is -0.488 e. The summed E-state index contributed by atoms with van der Waals surface area (Å²) in [7, 11) is 0. The lowest BCUT2D eigenvalue weighted by atomic mass is 10.2. The second-order valence-corrected chi connectivity index (χ2v) is 3.99. The second-order valence-electron chi connectivity index (χ2n) is 3.99. The molecule has 0 amide bonds. The van der Waals surface area contributed by atoms with Gasteiger partial charge in [-0.15, -0.1) is 0 Å². The van der Waals surface area contributed by atoms with E-state index < -0.39 is 6.10 Å². The van der Waals surface area contributed by atoms with Gasteiger partial charge in [0, 0.05) is 6.54 Å². The first-order valence-corrected chi connectivity index (χ1v) is 5.78. The Bertz CT molecular complexity index is 295. The SMILES string of the molecule is CCNCc1ccc(OC(C)C(C)O)cc1. The third-order valence-corrected chi connectivity index (χ3v) is 2.50. The summed E-state index contributed by atoms with van der Waals surface area (Å²) in [5, 5.41) is 12.6. The number of benzene rings is 1. The van der Waals surface area contributed by atoms with Crippen molar-refractivity contribution in [3.8, 4) is 5.75 Å². The smallest absolute Gasteiger partial charge is 0.121 e. The monoisotopic (exact) mass is 223 g/mol. The predicted octanol–water partition coefficient (Wildman–Crippen LogP) is 1.94. The highest BCUT2D eigenvalue weighted by molar-refractivity contribution is 5.27. The van der Waals surface area contributed by atoms with Gasteiger partial charge in [0.25, 0.3) is 0 Å². The maximum absolute atomic E-state index is 9.32. The van der Waals surface area contributed by atoms with E-state index in [0.29, 0.717) is 0 Å². The first kappa shape index (κ1) is 13.0. The van der Waals surface area contributed by atoms with Gasteiger partial charge in [-0.05, 0) is 38.1 Å². The standard InChI is InChI=1S/C13H21NO2/c1-4-14-9-12-5-7-13(8-6-12)16-11(3)10(2)15/h5-8,10-11,14-15H,4,9H2,1-3H3. The summed E-state index contributed by atoms with van der Waals surface area (Å²) in [6.45, 7) is 7.52. The quantitative estimate of drug-likeness (QED) is 0.774. The Morgan fingerprint density at radius 1 is 1.25 bits per heavy atom. The summed E-state index contributed by atoms with van der Waals surface area (Å²) < 4.78 is 5.56. The summed E-state index contributed by atoms with van der Waals surface area (Å²) in [6, 6.07) is 7.94. The zero-order valence-corrected chi connectivity index (χ0v) is 10.2. The molecular weight excluding hydrogens is 202 g/mol. The van der Waals surface area contributed by atoms with Gasteiger partial charge >= 0.3 is 0 Å². The van der Waals surface area contributed by atoms with Crippen LogP contribution in [0.15, 0.2) is 24.3 Å². The van der Waals surface area contributed by atoms with Crippen LogP contribution in [0.1, 0.15) is 26.3 Å². The fraction of sp³-hybridized carbons (Fsp3) is 0.538. The van der Waals surface area contributed by atoms with Gasteiger partial charge in [0.05, 0.1) is 6.10 Å². The van der Waals surface area contributed by atoms with Crippen LogP contribution in [-0.4, -0.2) is 23.9 Å². The van der Waals surface area contributed by atoms with E-state index in [2.05, 4.69) is 12.2 Å². The summed E-state index contributed by atoms with van der Waals surface area (Å²) in [5.41, 5.74) is 1.24. The number of nitrogens with one attached hydrogen (secondary N) is 1. The molecule has 3 heteroatoms. The van der Waals surface area contributed by atoms with Crippen LogP contribution in [0.25, 0.3) is 0 Å². The molecule has 0 radical (unpaired) electrons. The number of hydrogen-bond acceptors (Lipinski definition) is 3. The van der Waals surface area contributed by atoms with Crippen molar-refractivity contribution in [1.82, 2.24) is 5.32 Å². The molecule has 2 N–H and O–H groups in total. The zero-order chi connectivity index (χ0) is 12.0. The molecule has 1 rings (SSSR count). The second kappa shape index (κ2) is 6.51. The Labute approximate surface area is 97.4 Å². The lowest BCUT2D eigenvalue weighted by molar-refractivity contribution is 0.0604. The summed E-state index contributed by atoms with van der Waals surface area (Å²) in [6.07, 6.45) is -0.638. The van der Waals surface area contributed by atoms with Gasteiger partial charge in [0.15, 0.2) is 0 Å². The van der Waals surface area contributed by atoms with Crippen LogP contribution in [0.3, 0.4) is 0 Å². The third kappa shape index (κ3) is 4.21. The lowest BCUT2D eigenvalue weighted by Crippen LogP contribution is -2.25. The molecule has 0 bridgehead atoms. The number of rotatable bonds is 6. The van der Waals surface area contributed by atoms with Gasteiger partial charge in [0.1, 0.15) is 11.9 Å². The molecular formula is C13H21NO2. The Balaban J connectivity index is 2.51. The van der Waals surface area contributed by atoms with Gasteiger partial charge in [-0.25, -0.2) is 0 Å². The maximum Gasteiger partial charge on any atom is 0.121 e. The highest BCUT2D eigenvalue weighted by atomic mass is 16.5. The van der Waals surface area contributed by atoms with E-state index in [0.717, 1.165) is 18.8 Å². The molecule has 2 unspecified atom stereocenters. The summed E-state index contributed by atoms with van der Waals surface area (Å²) >= 11 is 0. The van der Waals surface area contributed by atoms with E-state index in [9.17, 15) is 5.11 Å². The van der Waals surface area contributed by atoms with E-state index in [1.807, 2.05) is 31.2 Å². The zero-order valence-electron chi connectivity index (χ0n) is 10.2. The molecule has 2 atom stereocenters. The van der Waals surface area contributed by atoms with Crippen LogP contribution >= 0.6 is 0 Å². The molecule has 3 nitrogen and oxygen atoms in total. The Kier molecular flexibility index (Phi) is 5.29. The number of ether oxygens (including phenoxy) is 1. The van der Waals surface area contributed by atoms with Crippen LogP contribution in [0, 0.1) is 0 Å². The summed E-state index contributed by atoms with van der Waals surface area (Å²) in [5.74, 6) is 0.800. The molecule has 0 aliphatic heterocycles. The first-order chi connectivity index (χ1) is 7.63. The predicted molar refractivity (Wildman–Crippen MR) is 65.6 cm³/mol. The van der Waals surface area contributed by atoms with Crippen LogP contribution in [0.5, 0.6) is 5.75 Å². The van der Waals surface area contributed by atoms with Crippen molar-refractivity contribution in [2.24, 2.45) is 0 Å². The fourth-order valence-electron chi connectivity index (χ4n) is 1.27. The summed E-state index contributed by atoms with van der Waals surface area (Å²) in [4.78, 5) is 0. The maximum atomic E-state index is 9.32. The molecule has 1 aromatic rings. The van der Waals surface area contributed by atoms with Crippen molar-refractivity contribution in [2.75, 3.05) is 6.54 Å². The van der Waals surface area contributed by atoms with Gasteiger partial charge in [-0.2, -0.15) is 0 Å². The molecule has 0 aliphatic carbocycles. The number of aliphatic hydroxyl groups is 1. The number of hydrogen-bond donors (Lipinski definition) is 2. The van der Waals surface area contributed by atoms with E-state index in [1.54, 1.807) is 6.92 Å². The van der Waals surface area contributed by atoms with E-state index in [4.69, 9.17) is 4.74 Å². The topological polar surface area (TPSA) is 41.5 Å². The molecule has 0 saturated heterocycles. The lowest BCUT2D eigenvalue weighted by Gasteiger charge is -2.17. The average Bonchev–Trinajstić information content (AvgIpc) is 2.28. The van der Waals surface area contributed by atoms with Crippen LogP contribution < -0.4 is 10.1 Å². The Hall–Kier alpha value is -1.06. The van der Waals surface area contributed by atoms with Crippen molar-refractivity contribution in [1.29, 1.82) is 0 Å². The number of aliphatic hydroxyl groups excluding tert-OH is 1. The molecule has 16 heavy (non-hydrogen) atoms. The largest absolute Gasteiger partial charge is 0.488 e.